The second kappa shape index (κ2) is 6.04. The molecule has 2 aliphatic rings. The van der Waals surface area contributed by atoms with E-state index >= 15 is 0 Å². The maximum atomic E-state index is 5.73. The van der Waals surface area contributed by atoms with Gasteiger partial charge in [0.25, 0.3) is 0 Å². The number of halogens is 1. The van der Waals surface area contributed by atoms with Gasteiger partial charge in [0, 0.05) is 25.7 Å². The first-order chi connectivity index (χ1) is 6.77. The summed E-state index contributed by atoms with van der Waals surface area (Å²) in [7, 11) is 0. The third-order valence-corrected chi connectivity index (χ3v) is 3.30. The number of fused-ring (bicyclic) bond motifs is 1. The number of hydrogen-bond acceptors (Lipinski definition) is 3. The summed E-state index contributed by atoms with van der Waals surface area (Å²) in [6.07, 6.45) is 1.76. The van der Waals surface area contributed by atoms with Crippen LogP contribution in [0.15, 0.2) is 0 Å². The summed E-state index contributed by atoms with van der Waals surface area (Å²) in [6, 6.07) is 0.641. The molecule has 15 heavy (non-hydrogen) atoms. The number of nitrogens with zero attached hydrogens (tertiary/aromatic N) is 1. The average molecular weight is 235 g/mol. The molecule has 0 radical (unpaired) electrons. The molecule has 3 nitrogen and oxygen atoms in total. The van der Waals surface area contributed by atoms with Crippen LogP contribution >= 0.6 is 12.4 Å². The molecule has 1 N–H and O–H groups in total. The fraction of sp³-hybridized carbons (Fsp3) is 1.00. The van der Waals surface area contributed by atoms with E-state index in [1.165, 1.54) is 13.0 Å². The van der Waals surface area contributed by atoms with Crippen molar-refractivity contribution in [1.82, 2.24) is 10.2 Å². The molecule has 4 heteroatoms. The minimum Gasteiger partial charge on any atom is -0.374 e. The fourth-order valence-corrected chi connectivity index (χ4v) is 2.36. The van der Waals surface area contributed by atoms with Gasteiger partial charge < -0.3 is 10.1 Å². The zero-order valence-corrected chi connectivity index (χ0v) is 10.6. The predicted molar refractivity (Wildman–Crippen MR) is 64.7 cm³/mol. The lowest BCUT2D eigenvalue weighted by Gasteiger charge is -2.37. The van der Waals surface area contributed by atoms with Gasteiger partial charge in [-0.05, 0) is 18.9 Å². The fourth-order valence-electron chi connectivity index (χ4n) is 2.36. The summed E-state index contributed by atoms with van der Waals surface area (Å²) in [5.41, 5.74) is 0. The second-order valence-corrected chi connectivity index (χ2v) is 4.85. The summed E-state index contributed by atoms with van der Waals surface area (Å²) < 4.78 is 5.73. The Hall–Kier alpha value is 0.170. The Morgan fingerprint density at radius 2 is 2.20 bits per heavy atom. The van der Waals surface area contributed by atoms with Crippen LogP contribution in [-0.2, 0) is 4.74 Å². The van der Waals surface area contributed by atoms with Crippen LogP contribution in [0.2, 0.25) is 0 Å². The van der Waals surface area contributed by atoms with Crippen LogP contribution in [0.5, 0.6) is 0 Å². The van der Waals surface area contributed by atoms with Crippen molar-refractivity contribution in [2.45, 2.75) is 32.4 Å². The van der Waals surface area contributed by atoms with E-state index in [0.29, 0.717) is 12.1 Å². The Kier molecular flexibility index (Phi) is 5.33. The molecule has 0 aliphatic carbocycles. The van der Waals surface area contributed by atoms with Gasteiger partial charge in [0.1, 0.15) is 0 Å². The van der Waals surface area contributed by atoms with Crippen LogP contribution in [0.25, 0.3) is 0 Å². The minimum absolute atomic E-state index is 0. The van der Waals surface area contributed by atoms with Crippen molar-refractivity contribution < 1.29 is 4.74 Å². The molecule has 0 aromatic rings. The van der Waals surface area contributed by atoms with Gasteiger partial charge in [0.2, 0.25) is 0 Å². The molecule has 2 atom stereocenters. The highest BCUT2D eigenvalue weighted by molar-refractivity contribution is 5.85. The van der Waals surface area contributed by atoms with Crippen LogP contribution < -0.4 is 5.32 Å². The van der Waals surface area contributed by atoms with Crippen molar-refractivity contribution in [3.05, 3.63) is 0 Å². The van der Waals surface area contributed by atoms with Gasteiger partial charge in [-0.2, -0.15) is 0 Å². The smallest absolute Gasteiger partial charge is 0.0867 e. The average Bonchev–Trinajstić information content (AvgIpc) is 2.62. The lowest BCUT2D eigenvalue weighted by Crippen LogP contribution is -2.51. The third-order valence-electron chi connectivity index (χ3n) is 3.30. The number of rotatable bonds is 3. The van der Waals surface area contributed by atoms with E-state index in [2.05, 4.69) is 24.1 Å². The molecular weight excluding hydrogens is 212 g/mol. The zero-order chi connectivity index (χ0) is 9.97. The molecule has 0 aromatic heterocycles. The Morgan fingerprint density at radius 1 is 1.40 bits per heavy atom. The van der Waals surface area contributed by atoms with E-state index in [1.807, 2.05) is 0 Å². The van der Waals surface area contributed by atoms with Crippen molar-refractivity contribution in [2.75, 3.05) is 32.8 Å². The van der Waals surface area contributed by atoms with E-state index in [9.17, 15) is 0 Å². The summed E-state index contributed by atoms with van der Waals surface area (Å²) >= 11 is 0. The molecule has 90 valence electrons. The third kappa shape index (κ3) is 3.31. The standard InChI is InChI=1S/C11H22N2O.ClH/c1-9(2)3-4-13-5-6-14-11-8-12-7-10(11)13;/h9-12H,3-8H2,1-2H3;1H/t10-,11-;/m1./s1. The van der Waals surface area contributed by atoms with Gasteiger partial charge in [-0.25, -0.2) is 0 Å². The molecule has 2 aliphatic heterocycles. The first kappa shape index (κ1) is 13.2. The van der Waals surface area contributed by atoms with E-state index in [1.54, 1.807) is 0 Å². The van der Waals surface area contributed by atoms with Crippen molar-refractivity contribution in [3.8, 4) is 0 Å². The zero-order valence-electron chi connectivity index (χ0n) is 9.74. The summed E-state index contributed by atoms with van der Waals surface area (Å²) in [5, 5.41) is 3.42. The van der Waals surface area contributed by atoms with E-state index in [0.717, 1.165) is 32.2 Å². The molecule has 2 fully saturated rings. The lowest BCUT2D eigenvalue weighted by molar-refractivity contribution is -0.0478. The van der Waals surface area contributed by atoms with Crippen LogP contribution in [0.1, 0.15) is 20.3 Å². The van der Waals surface area contributed by atoms with Gasteiger partial charge >= 0.3 is 0 Å². The molecule has 0 bridgehead atoms. The molecular formula is C11H23ClN2O. The largest absolute Gasteiger partial charge is 0.374 e. The van der Waals surface area contributed by atoms with Gasteiger partial charge in [-0.15, -0.1) is 12.4 Å². The maximum Gasteiger partial charge on any atom is 0.0867 e. The molecule has 0 aromatic carbocycles. The van der Waals surface area contributed by atoms with Crippen molar-refractivity contribution in [3.63, 3.8) is 0 Å². The van der Waals surface area contributed by atoms with Crippen molar-refractivity contribution >= 4 is 12.4 Å². The Morgan fingerprint density at radius 3 is 2.93 bits per heavy atom. The highest BCUT2D eigenvalue weighted by Gasteiger charge is 2.35. The Balaban J connectivity index is 0.00000112. The molecule has 2 heterocycles. The number of nitrogens with one attached hydrogen (secondary N) is 1. The van der Waals surface area contributed by atoms with Gasteiger partial charge in [0.05, 0.1) is 12.7 Å². The Labute approximate surface area is 99.0 Å². The normalized spacial score (nSPS) is 31.4. The van der Waals surface area contributed by atoms with Gasteiger partial charge in [-0.3, -0.25) is 4.90 Å². The topological polar surface area (TPSA) is 24.5 Å². The maximum absolute atomic E-state index is 5.73. The molecule has 2 saturated heterocycles. The molecule has 0 unspecified atom stereocenters. The number of ether oxygens (including phenoxy) is 1. The SMILES string of the molecule is CC(C)CCN1CCO[C@@H]2CNC[C@H]21.Cl. The van der Waals surface area contributed by atoms with Crippen molar-refractivity contribution in [1.29, 1.82) is 0 Å². The quantitative estimate of drug-likeness (QED) is 0.793. The molecule has 0 spiro atoms. The van der Waals surface area contributed by atoms with Gasteiger partial charge in [-0.1, -0.05) is 13.8 Å². The first-order valence-corrected chi connectivity index (χ1v) is 5.83. The Bertz CT molecular complexity index is 189. The summed E-state index contributed by atoms with van der Waals surface area (Å²) in [4.78, 5) is 2.61. The highest BCUT2D eigenvalue weighted by atomic mass is 35.5. The van der Waals surface area contributed by atoms with Crippen LogP contribution in [0, 0.1) is 5.92 Å². The monoisotopic (exact) mass is 234 g/mol. The van der Waals surface area contributed by atoms with Crippen molar-refractivity contribution in [2.24, 2.45) is 5.92 Å². The predicted octanol–water partition coefficient (Wildman–Crippen LogP) is 1.13. The van der Waals surface area contributed by atoms with E-state index in [-0.39, 0.29) is 12.4 Å². The summed E-state index contributed by atoms with van der Waals surface area (Å²) in [5.74, 6) is 0.811. The second-order valence-electron chi connectivity index (χ2n) is 4.85. The molecule has 0 saturated carbocycles. The summed E-state index contributed by atoms with van der Waals surface area (Å²) in [6.45, 7) is 10.0. The van der Waals surface area contributed by atoms with Crippen LogP contribution in [0.3, 0.4) is 0 Å². The van der Waals surface area contributed by atoms with Crippen LogP contribution in [0.4, 0.5) is 0 Å². The number of morpholine rings is 1. The highest BCUT2D eigenvalue weighted by Crippen LogP contribution is 2.18. The first-order valence-electron chi connectivity index (χ1n) is 5.83. The van der Waals surface area contributed by atoms with Gasteiger partial charge in [0.15, 0.2) is 0 Å². The number of hydrogen-bond donors (Lipinski definition) is 1. The van der Waals surface area contributed by atoms with E-state index < -0.39 is 0 Å². The lowest BCUT2D eigenvalue weighted by atomic mass is 10.1. The van der Waals surface area contributed by atoms with Crippen LogP contribution in [-0.4, -0.2) is 49.8 Å². The molecule has 0 amide bonds. The van der Waals surface area contributed by atoms with E-state index in [4.69, 9.17) is 4.74 Å². The molecule has 2 rings (SSSR count). The minimum atomic E-state index is 0.